The van der Waals surface area contributed by atoms with Crippen molar-refractivity contribution in [2.75, 3.05) is 13.1 Å². The second-order valence-corrected chi connectivity index (χ2v) is 9.71. The van der Waals surface area contributed by atoms with Gasteiger partial charge in [0.15, 0.2) is 5.65 Å². The summed E-state index contributed by atoms with van der Waals surface area (Å²) in [7, 11) is 0. The molecule has 9 nitrogen and oxygen atoms in total. The van der Waals surface area contributed by atoms with E-state index in [0.29, 0.717) is 30.5 Å². The molecule has 1 aromatic carbocycles. The van der Waals surface area contributed by atoms with Crippen LogP contribution in [0.3, 0.4) is 0 Å². The van der Waals surface area contributed by atoms with E-state index in [1.807, 2.05) is 54.1 Å². The Labute approximate surface area is 208 Å². The molecule has 3 heterocycles. The van der Waals surface area contributed by atoms with E-state index in [1.165, 1.54) is 0 Å². The largest absolute Gasteiger partial charge is 0.353 e. The van der Waals surface area contributed by atoms with Crippen LogP contribution in [0.1, 0.15) is 65.0 Å². The van der Waals surface area contributed by atoms with Gasteiger partial charge in [-0.1, -0.05) is 18.2 Å². The number of hydrogen-bond acceptors (Lipinski definition) is 5. The maximum absolute atomic E-state index is 13.4. The molecule has 0 aliphatic heterocycles. The Bertz CT molecular complexity index is 1430. The van der Waals surface area contributed by atoms with Gasteiger partial charge in [0.05, 0.1) is 22.3 Å². The first kappa shape index (κ1) is 22.5. The van der Waals surface area contributed by atoms with Gasteiger partial charge in [-0.3, -0.25) is 14.3 Å². The molecular weight excluding hydrogens is 454 g/mol. The van der Waals surface area contributed by atoms with Crippen LogP contribution in [0.4, 0.5) is 0 Å². The Kier molecular flexibility index (Phi) is 5.75. The molecule has 184 valence electrons. The second-order valence-electron chi connectivity index (χ2n) is 9.71. The standard InChI is InChI=1S/C27H29N7O2/c1-17-11-12-30-33(17)16-23(35)28-13-14-29-27(36)21-15-22(18-7-8-18)31-26-24(21)25(19-9-10-19)32-34(26)20-5-3-2-4-6-20/h2-6,11-12,15,18-19H,7-10,13-14,16H2,1H3,(H,28,35)(H,29,36). The van der Waals surface area contributed by atoms with Gasteiger partial charge >= 0.3 is 0 Å². The number of nitrogens with one attached hydrogen (secondary N) is 2. The quantitative estimate of drug-likeness (QED) is 0.356. The van der Waals surface area contributed by atoms with Gasteiger partial charge in [0.25, 0.3) is 5.91 Å². The lowest BCUT2D eigenvalue weighted by Gasteiger charge is -2.11. The molecule has 2 aliphatic rings. The number of rotatable bonds is 9. The molecule has 2 N–H and O–H groups in total. The van der Waals surface area contributed by atoms with E-state index in [1.54, 1.807) is 10.9 Å². The third-order valence-electron chi connectivity index (χ3n) is 6.84. The zero-order chi connectivity index (χ0) is 24.6. The van der Waals surface area contributed by atoms with Gasteiger partial charge < -0.3 is 10.6 Å². The number of fused-ring (bicyclic) bond motifs is 1. The molecule has 3 aromatic heterocycles. The van der Waals surface area contributed by atoms with Gasteiger partial charge in [-0.05, 0) is 56.9 Å². The van der Waals surface area contributed by atoms with Gasteiger partial charge in [-0.2, -0.15) is 10.2 Å². The minimum atomic E-state index is -0.156. The average Bonchev–Trinajstić information content (AvgIpc) is 3.83. The van der Waals surface area contributed by atoms with E-state index in [0.717, 1.165) is 59.5 Å². The maximum atomic E-state index is 13.4. The molecular formula is C27H29N7O2. The first-order chi connectivity index (χ1) is 17.6. The SMILES string of the molecule is Cc1ccnn1CC(=O)NCCNC(=O)c1cc(C2CC2)nc2c1c(C1CC1)nn2-c1ccccc1. The minimum absolute atomic E-state index is 0.140. The molecule has 9 heteroatoms. The Morgan fingerprint density at radius 2 is 1.75 bits per heavy atom. The summed E-state index contributed by atoms with van der Waals surface area (Å²) in [4.78, 5) is 30.7. The Morgan fingerprint density at radius 3 is 2.44 bits per heavy atom. The highest BCUT2D eigenvalue weighted by atomic mass is 16.2. The smallest absolute Gasteiger partial charge is 0.252 e. The van der Waals surface area contributed by atoms with Gasteiger partial charge in [0.2, 0.25) is 5.91 Å². The molecule has 6 rings (SSSR count). The topological polar surface area (TPSA) is 107 Å². The zero-order valence-electron chi connectivity index (χ0n) is 20.3. The van der Waals surface area contributed by atoms with Crippen molar-refractivity contribution in [3.05, 3.63) is 71.3 Å². The first-order valence-corrected chi connectivity index (χ1v) is 12.6. The fraction of sp³-hybridized carbons (Fsp3) is 0.370. The van der Waals surface area contributed by atoms with Gasteiger partial charge in [0.1, 0.15) is 6.54 Å². The number of nitrogens with zero attached hydrogens (tertiary/aromatic N) is 5. The molecule has 2 fully saturated rings. The van der Waals surface area contributed by atoms with Crippen LogP contribution in [-0.4, -0.2) is 49.4 Å². The number of carbonyl (C=O) groups is 2. The minimum Gasteiger partial charge on any atom is -0.353 e. The Morgan fingerprint density at radius 1 is 1.00 bits per heavy atom. The van der Waals surface area contributed by atoms with E-state index in [-0.39, 0.29) is 18.4 Å². The highest BCUT2D eigenvalue weighted by Crippen LogP contribution is 2.45. The lowest BCUT2D eigenvalue weighted by atomic mass is 10.0. The molecule has 4 aromatic rings. The summed E-state index contributed by atoms with van der Waals surface area (Å²) >= 11 is 0. The second kappa shape index (κ2) is 9.22. The number of para-hydroxylation sites is 1. The number of amides is 2. The summed E-state index contributed by atoms with van der Waals surface area (Å²) in [6.07, 6.45) is 6.01. The van der Waals surface area contributed by atoms with Crippen molar-refractivity contribution in [1.29, 1.82) is 0 Å². The summed E-state index contributed by atoms with van der Waals surface area (Å²) < 4.78 is 3.54. The number of benzene rings is 1. The van der Waals surface area contributed by atoms with Crippen molar-refractivity contribution in [2.45, 2.75) is 51.0 Å². The van der Waals surface area contributed by atoms with E-state index >= 15 is 0 Å². The summed E-state index contributed by atoms with van der Waals surface area (Å²) in [6.45, 7) is 2.73. The Balaban J connectivity index is 1.24. The monoisotopic (exact) mass is 483 g/mol. The van der Waals surface area contributed by atoms with Gasteiger partial charge in [0, 0.05) is 42.5 Å². The maximum Gasteiger partial charge on any atom is 0.252 e. The normalized spacial score (nSPS) is 15.2. The van der Waals surface area contributed by atoms with Crippen LogP contribution < -0.4 is 10.6 Å². The number of hydrogen-bond donors (Lipinski definition) is 2. The van der Waals surface area contributed by atoms with Crippen molar-refractivity contribution in [2.24, 2.45) is 0 Å². The highest BCUT2D eigenvalue weighted by molar-refractivity contribution is 6.07. The fourth-order valence-electron chi connectivity index (χ4n) is 4.55. The molecule has 0 unspecified atom stereocenters. The highest BCUT2D eigenvalue weighted by Gasteiger charge is 2.34. The van der Waals surface area contributed by atoms with Crippen molar-refractivity contribution in [3.8, 4) is 5.69 Å². The number of pyridine rings is 1. The molecule has 0 spiro atoms. The van der Waals surface area contributed by atoms with E-state index in [9.17, 15) is 9.59 Å². The molecule has 0 saturated heterocycles. The van der Waals surface area contributed by atoms with E-state index < -0.39 is 0 Å². The average molecular weight is 484 g/mol. The van der Waals surface area contributed by atoms with E-state index in [4.69, 9.17) is 10.1 Å². The fourth-order valence-corrected chi connectivity index (χ4v) is 4.55. The molecule has 2 saturated carbocycles. The van der Waals surface area contributed by atoms with Crippen LogP contribution in [0.5, 0.6) is 0 Å². The van der Waals surface area contributed by atoms with Gasteiger partial charge in [-0.15, -0.1) is 0 Å². The molecule has 36 heavy (non-hydrogen) atoms. The zero-order valence-corrected chi connectivity index (χ0v) is 20.3. The Hall–Kier alpha value is -4.01. The lowest BCUT2D eigenvalue weighted by molar-refractivity contribution is -0.121. The summed E-state index contributed by atoms with van der Waals surface area (Å²) in [5.74, 6) is 0.464. The first-order valence-electron chi connectivity index (χ1n) is 12.6. The van der Waals surface area contributed by atoms with Gasteiger partial charge in [-0.25, -0.2) is 9.67 Å². The van der Waals surface area contributed by atoms with Crippen LogP contribution in [0.2, 0.25) is 0 Å². The predicted molar refractivity (Wildman–Crippen MR) is 135 cm³/mol. The summed E-state index contributed by atoms with van der Waals surface area (Å²) in [5.41, 5.74) is 5.15. The molecule has 2 amide bonds. The van der Waals surface area contributed by atoms with Crippen LogP contribution in [0.15, 0.2) is 48.7 Å². The van der Waals surface area contributed by atoms with E-state index in [2.05, 4.69) is 15.7 Å². The number of aryl methyl sites for hydroxylation is 1. The molecule has 0 bridgehead atoms. The van der Waals surface area contributed by atoms with Crippen molar-refractivity contribution < 1.29 is 9.59 Å². The third-order valence-corrected chi connectivity index (χ3v) is 6.84. The van der Waals surface area contributed by atoms with Crippen molar-refractivity contribution in [1.82, 2.24) is 35.2 Å². The predicted octanol–water partition coefficient (Wildman–Crippen LogP) is 3.23. The molecule has 0 radical (unpaired) electrons. The molecule has 0 atom stereocenters. The lowest BCUT2D eigenvalue weighted by Crippen LogP contribution is -2.36. The number of carbonyl (C=O) groups excluding carboxylic acids is 2. The van der Waals surface area contributed by atoms with Crippen molar-refractivity contribution >= 4 is 22.8 Å². The summed E-state index contributed by atoms with van der Waals surface area (Å²) in [5, 5.41) is 15.8. The van der Waals surface area contributed by atoms with Crippen LogP contribution >= 0.6 is 0 Å². The molecule has 2 aliphatic carbocycles. The van der Waals surface area contributed by atoms with Crippen LogP contribution in [-0.2, 0) is 11.3 Å². The summed E-state index contributed by atoms with van der Waals surface area (Å²) in [6, 6.07) is 13.8. The van der Waals surface area contributed by atoms with Crippen LogP contribution in [0.25, 0.3) is 16.7 Å². The third kappa shape index (κ3) is 4.48. The van der Waals surface area contributed by atoms with Crippen LogP contribution in [0, 0.1) is 6.92 Å². The number of aromatic nitrogens is 5. The van der Waals surface area contributed by atoms with Crippen molar-refractivity contribution in [3.63, 3.8) is 0 Å².